The summed E-state index contributed by atoms with van der Waals surface area (Å²) in [5.41, 5.74) is 44.1. The Kier molecular flexibility index (Phi) is 32.6. The summed E-state index contributed by atoms with van der Waals surface area (Å²) >= 11 is 0. The van der Waals surface area contributed by atoms with Crippen molar-refractivity contribution in [1.29, 1.82) is 0 Å². The maximum absolute atomic E-state index is 13.4. The van der Waals surface area contributed by atoms with E-state index in [1.807, 2.05) is 0 Å². The van der Waals surface area contributed by atoms with Gasteiger partial charge in [-0.1, -0.05) is 10.2 Å². The lowest BCUT2D eigenvalue weighted by atomic mass is 10.1. The van der Waals surface area contributed by atoms with E-state index in [0.29, 0.717) is 19.3 Å². The molecule has 4 unspecified atom stereocenters. The van der Waals surface area contributed by atoms with Crippen LogP contribution in [0.4, 0.5) is 5.69 Å². The second-order valence-corrected chi connectivity index (χ2v) is 16.3. The van der Waals surface area contributed by atoms with Crippen molar-refractivity contribution in [3.05, 3.63) is 43.5 Å². The number of hydrogen-bond acceptors (Lipinski definition) is 17. The second-order valence-electron chi connectivity index (χ2n) is 16.3. The minimum absolute atomic E-state index is 0.000972. The van der Waals surface area contributed by atoms with E-state index in [-0.39, 0.29) is 144 Å². The van der Waals surface area contributed by atoms with Crippen LogP contribution in [-0.2, 0) is 43.1 Å². The molecule has 0 radical (unpaired) electrons. The Morgan fingerprint density at radius 3 is 1.77 bits per heavy atom. The van der Waals surface area contributed by atoms with E-state index >= 15 is 0 Å². The van der Waals surface area contributed by atoms with Crippen molar-refractivity contribution in [2.45, 2.75) is 115 Å². The first-order valence-corrected chi connectivity index (χ1v) is 23.8. The Bertz CT molecular complexity index is 2230. The third kappa shape index (κ3) is 29.5. The molecule has 414 valence electrons. The number of amides is 7. The molecule has 0 heterocycles. The van der Waals surface area contributed by atoms with Gasteiger partial charge in [0.1, 0.15) is 29.9 Å². The maximum Gasteiger partial charge on any atom is 0.306 e. The molecule has 0 fully saturated rings. The van der Waals surface area contributed by atoms with Crippen LogP contribution in [0.25, 0.3) is 20.9 Å². The van der Waals surface area contributed by atoms with Crippen molar-refractivity contribution in [3.8, 4) is 11.5 Å². The van der Waals surface area contributed by atoms with Gasteiger partial charge in [-0.2, -0.15) is 0 Å². The van der Waals surface area contributed by atoms with E-state index in [9.17, 15) is 43.3 Å². The quantitative estimate of drug-likeness (QED) is 0.00582. The summed E-state index contributed by atoms with van der Waals surface area (Å²) in [7, 11) is 1.38. The number of methoxy groups -OCH3 is 1. The Hall–Kier alpha value is -8.66. The monoisotopic (exact) mass is 1060 g/mol. The van der Waals surface area contributed by atoms with Gasteiger partial charge >= 0.3 is 5.97 Å². The van der Waals surface area contributed by atoms with Crippen LogP contribution in [0.1, 0.15) is 102 Å². The Balaban J connectivity index is 2.72. The average Bonchev–Trinajstić information content (AvgIpc) is 3.37. The highest BCUT2D eigenvalue weighted by Gasteiger charge is 2.27. The standard InChI is InChI=1S/C43H70N20O12/c1-26(75-38(68)15-8-20-57-63-50)27-22-32(73-2)33(23-31(27)61-72)74-21-9-14-34(64)51-16-4-3-10-28(39(44)69)60-41(71)30(12-6-18-53-43(47)48)59-37(67)25-54-36(66)24-55-40(70)29(11-5-17-52-42(45)46)58-35(65)13-7-19-56-62-49/h22-23,26,28-30H,3-21,24-25H2,1-2H3,(H2,44,69)(H,51,64)(H,54,66)(H,55,70)(H,58,65)(H,59,67)(H,60,71)(H4,45,46,52)(H4,47,48,53). The molecule has 0 aliphatic rings. The van der Waals surface area contributed by atoms with Gasteiger partial charge in [0.25, 0.3) is 0 Å². The maximum atomic E-state index is 13.4. The lowest BCUT2D eigenvalue weighted by Crippen LogP contribution is -2.54. The highest BCUT2D eigenvalue weighted by Crippen LogP contribution is 2.39. The van der Waals surface area contributed by atoms with Gasteiger partial charge < -0.3 is 74.8 Å². The number of nitrogens with two attached hydrogens (primary N) is 5. The topological polar surface area (TPSA) is 518 Å². The smallest absolute Gasteiger partial charge is 0.306 e. The Labute approximate surface area is 431 Å². The molecule has 75 heavy (non-hydrogen) atoms. The first kappa shape index (κ1) is 64.4. The zero-order valence-electron chi connectivity index (χ0n) is 42.1. The summed E-state index contributed by atoms with van der Waals surface area (Å²) in [6.07, 6.45) is 1.37. The van der Waals surface area contributed by atoms with Gasteiger partial charge in [-0.15, -0.1) is 4.91 Å². The number of nitroso groups, excluding NO2 is 1. The number of azide groups is 2. The minimum atomic E-state index is -1.23. The average molecular weight is 1060 g/mol. The normalized spacial score (nSPS) is 11.9. The van der Waals surface area contributed by atoms with Crippen LogP contribution < -0.4 is 70.0 Å². The van der Waals surface area contributed by atoms with Crippen molar-refractivity contribution < 1.29 is 52.6 Å². The number of aliphatic imine (C=N–C) groups is 2. The molecule has 1 rings (SSSR count). The number of ether oxygens (including phenoxy) is 3. The molecule has 1 aromatic carbocycles. The number of hydrogen-bond donors (Lipinski definition) is 11. The number of nitrogens with zero attached hydrogens (tertiary/aromatic N) is 9. The lowest BCUT2D eigenvalue weighted by Gasteiger charge is -2.22. The van der Waals surface area contributed by atoms with E-state index in [2.05, 4.69) is 67.1 Å². The highest BCUT2D eigenvalue weighted by atomic mass is 16.5. The predicted molar refractivity (Wildman–Crippen MR) is 272 cm³/mol. The molecule has 0 saturated heterocycles. The van der Waals surface area contributed by atoms with Crippen molar-refractivity contribution in [3.63, 3.8) is 0 Å². The fraction of sp³-hybridized carbons (Fsp3) is 0.628. The number of primary amides is 1. The van der Waals surface area contributed by atoms with Crippen LogP contribution in [0, 0.1) is 4.91 Å². The fourth-order valence-electron chi connectivity index (χ4n) is 6.61. The molecule has 4 atom stereocenters. The van der Waals surface area contributed by atoms with Crippen molar-refractivity contribution >= 4 is 64.9 Å². The number of rotatable bonds is 40. The molecule has 0 aliphatic carbocycles. The van der Waals surface area contributed by atoms with Gasteiger partial charge in [0, 0.05) is 73.4 Å². The van der Waals surface area contributed by atoms with Crippen molar-refractivity contribution in [1.82, 2.24) is 31.9 Å². The van der Waals surface area contributed by atoms with Crippen LogP contribution in [0.15, 0.2) is 37.5 Å². The highest BCUT2D eigenvalue weighted by molar-refractivity contribution is 5.94. The number of unbranched alkanes of at least 4 members (excludes halogenated alkanes) is 1. The number of carbonyl (C=O) groups excluding carboxylic acids is 8. The van der Waals surface area contributed by atoms with Crippen LogP contribution in [0.5, 0.6) is 11.5 Å². The number of nitrogens with one attached hydrogen (secondary N) is 6. The van der Waals surface area contributed by atoms with Crippen LogP contribution in [0.3, 0.4) is 0 Å². The van der Waals surface area contributed by atoms with Crippen LogP contribution >= 0.6 is 0 Å². The minimum Gasteiger partial charge on any atom is -0.493 e. The molecule has 7 amide bonds. The van der Waals surface area contributed by atoms with E-state index in [1.165, 1.54) is 19.2 Å². The third-order valence-electron chi connectivity index (χ3n) is 10.4. The molecule has 0 bridgehead atoms. The predicted octanol–water partition coefficient (Wildman–Crippen LogP) is -0.397. The summed E-state index contributed by atoms with van der Waals surface area (Å²) in [6.45, 7) is 1.07. The van der Waals surface area contributed by atoms with Gasteiger partial charge in [0.05, 0.1) is 26.8 Å². The number of carbonyl (C=O) groups is 8. The molecule has 0 spiro atoms. The van der Waals surface area contributed by atoms with E-state index in [0.717, 1.165) is 0 Å². The second kappa shape index (κ2) is 38.0. The van der Waals surface area contributed by atoms with Crippen LogP contribution in [0.2, 0.25) is 0 Å². The zero-order valence-corrected chi connectivity index (χ0v) is 42.1. The number of benzene rings is 1. The summed E-state index contributed by atoms with van der Waals surface area (Å²) in [5.74, 6) is -5.25. The Morgan fingerprint density at radius 1 is 0.613 bits per heavy atom. The van der Waals surface area contributed by atoms with Gasteiger partial charge in [-0.3, -0.25) is 48.3 Å². The zero-order chi connectivity index (χ0) is 56.0. The van der Waals surface area contributed by atoms with Gasteiger partial charge in [0.15, 0.2) is 23.4 Å². The summed E-state index contributed by atoms with van der Waals surface area (Å²) in [5, 5.41) is 24.8. The summed E-state index contributed by atoms with van der Waals surface area (Å²) < 4.78 is 16.6. The molecule has 0 aliphatic heterocycles. The molecular weight excluding hydrogens is 989 g/mol. The molecule has 1 aromatic rings. The molecule has 32 heteroatoms. The van der Waals surface area contributed by atoms with Crippen LogP contribution in [-0.4, -0.2) is 137 Å². The van der Waals surface area contributed by atoms with Gasteiger partial charge in [-0.05, 0) is 93.4 Å². The first-order valence-electron chi connectivity index (χ1n) is 23.8. The van der Waals surface area contributed by atoms with E-state index < -0.39 is 78.7 Å². The number of guanidine groups is 2. The first-order chi connectivity index (χ1) is 35.8. The largest absolute Gasteiger partial charge is 0.493 e. The summed E-state index contributed by atoms with van der Waals surface area (Å²) in [6, 6.07) is -0.677. The molecule has 0 aromatic heterocycles. The molecule has 0 saturated carbocycles. The SMILES string of the molecule is COc1cc(C(C)OC(=O)CCCN=[N+]=[N-])c(N=O)cc1OCCCC(=O)NCCCCC(NC(=O)C(CCCN=C(N)N)NC(=O)CNC(=O)CNC(=O)C(CCCN=C(N)N)NC(=O)CCCN=[N+]=[N-])C(N)=O. The van der Waals surface area contributed by atoms with Gasteiger partial charge in [-0.25, -0.2) is 0 Å². The van der Waals surface area contributed by atoms with Crippen molar-refractivity contribution in [2.24, 2.45) is 54.1 Å². The lowest BCUT2D eigenvalue weighted by molar-refractivity contribution is -0.148. The Morgan fingerprint density at radius 2 is 1.19 bits per heavy atom. The fourth-order valence-corrected chi connectivity index (χ4v) is 6.61. The third-order valence-corrected chi connectivity index (χ3v) is 10.4. The molecule has 16 N–H and O–H groups in total. The number of esters is 1. The molecular formula is C43H70N20O12. The van der Waals surface area contributed by atoms with E-state index in [1.54, 1.807) is 6.92 Å². The van der Waals surface area contributed by atoms with Crippen molar-refractivity contribution in [2.75, 3.05) is 59.5 Å². The molecule has 32 nitrogen and oxygen atoms in total. The summed E-state index contributed by atoms with van der Waals surface area (Å²) in [4.78, 5) is 126. The van der Waals surface area contributed by atoms with Gasteiger partial charge in [0.2, 0.25) is 41.4 Å². The van der Waals surface area contributed by atoms with E-state index in [4.69, 9.17) is 53.9 Å².